The van der Waals surface area contributed by atoms with Gasteiger partial charge in [0, 0.05) is 5.57 Å². The average molecular weight is 247 g/mol. The Balaban J connectivity index is 0.000000810. The molecule has 56 valence electrons. The number of carboxylic acids is 1. The third-order valence-corrected chi connectivity index (χ3v) is 1.57. The number of carboxylic acid groups (broad SMARTS) is 1. The van der Waals surface area contributed by atoms with Gasteiger partial charge in [-0.3, -0.25) is 0 Å². The van der Waals surface area contributed by atoms with Crippen molar-refractivity contribution in [2.75, 3.05) is 0 Å². The van der Waals surface area contributed by atoms with Crippen LogP contribution >= 0.6 is 0 Å². The third kappa shape index (κ3) is 2.73. The molecule has 0 fully saturated rings. The first kappa shape index (κ1) is 10.0. The SMILES string of the molecule is O=C(O)C1=CCCCC1.[SnH2]. The van der Waals surface area contributed by atoms with Crippen LogP contribution in [0, 0.1) is 0 Å². The van der Waals surface area contributed by atoms with Gasteiger partial charge in [0.2, 0.25) is 0 Å². The van der Waals surface area contributed by atoms with Crippen LogP contribution in [-0.4, -0.2) is 35.0 Å². The Labute approximate surface area is 77.3 Å². The summed E-state index contributed by atoms with van der Waals surface area (Å²) in [4.78, 5) is 10.3. The van der Waals surface area contributed by atoms with Gasteiger partial charge in [0.25, 0.3) is 0 Å². The molecule has 0 saturated carbocycles. The van der Waals surface area contributed by atoms with Gasteiger partial charge in [-0.1, -0.05) is 6.08 Å². The van der Waals surface area contributed by atoms with Gasteiger partial charge in [0.1, 0.15) is 0 Å². The number of hydrogen-bond donors (Lipinski definition) is 1. The summed E-state index contributed by atoms with van der Waals surface area (Å²) in [6.45, 7) is 0. The van der Waals surface area contributed by atoms with Gasteiger partial charge >= 0.3 is 29.9 Å². The van der Waals surface area contributed by atoms with E-state index in [0.717, 1.165) is 25.7 Å². The van der Waals surface area contributed by atoms with Gasteiger partial charge in [-0.05, 0) is 25.7 Å². The van der Waals surface area contributed by atoms with Crippen molar-refractivity contribution in [1.82, 2.24) is 0 Å². The van der Waals surface area contributed by atoms with Crippen LogP contribution in [0.25, 0.3) is 0 Å². The second-order valence-corrected chi connectivity index (χ2v) is 2.28. The number of allylic oxidation sites excluding steroid dienone is 1. The molecule has 3 heteroatoms. The summed E-state index contributed by atoms with van der Waals surface area (Å²) in [5.74, 6) is -0.741. The summed E-state index contributed by atoms with van der Waals surface area (Å²) in [6.07, 6.45) is 5.72. The van der Waals surface area contributed by atoms with Crippen LogP contribution in [0.3, 0.4) is 0 Å². The van der Waals surface area contributed by atoms with E-state index in [1.54, 1.807) is 0 Å². The molecule has 0 spiro atoms. The minimum absolute atomic E-state index is 0. The predicted molar refractivity (Wildman–Crippen MR) is 42.7 cm³/mol. The Morgan fingerprint density at radius 2 is 2.20 bits per heavy atom. The minimum atomic E-state index is -0.741. The molecule has 0 atom stereocenters. The second-order valence-electron chi connectivity index (χ2n) is 2.28. The van der Waals surface area contributed by atoms with Crippen molar-refractivity contribution in [1.29, 1.82) is 0 Å². The quantitative estimate of drug-likeness (QED) is 0.691. The number of aliphatic carboxylic acids is 1. The zero-order chi connectivity index (χ0) is 6.69. The van der Waals surface area contributed by atoms with Gasteiger partial charge in [0.05, 0.1) is 0 Å². The summed E-state index contributed by atoms with van der Waals surface area (Å²) >= 11 is 0. The second kappa shape index (κ2) is 4.77. The van der Waals surface area contributed by atoms with Gasteiger partial charge in [-0.25, -0.2) is 4.79 Å². The summed E-state index contributed by atoms with van der Waals surface area (Å²) in [7, 11) is 0. The first-order valence-corrected chi connectivity index (χ1v) is 3.23. The standard InChI is InChI=1S/C7H10O2.Sn.2H/c8-7(9)6-4-2-1-3-5-6;;;/h4H,1-3,5H2,(H,8,9);;;. The Kier molecular flexibility index (Phi) is 4.77. The molecule has 1 rings (SSSR count). The van der Waals surface area contributed by atoms with Crippen molar-refractivity contribution < 1.29 is 9.90 Å². The molecule has 0 unspecified atom stereocenters. The predicted octanol–water partition coefficient (Wildman–Crippen LogP) is 0.655. The van der Waals surface area contributed by atoms with Gasteiger partial charge in [0.15, 0.2) is 0 Å². The normalized spacial score (nSPS) is 17.0. The summed E-state index contributed by atoms with van der Waals surface area (Å²) in [5, 5.41) is 8.47. The number of rotatable bonds is 1. The zero-order valence-corrected chi connectivity index (χ0v) is 10.0. The number of carbonyl (C=O) groups is 1. The molecule has 1 aliphatic carbocycles. The molecule has 0 heterocycles. The van der Waals surface area contributed by atoms with Gasteiger partial charge < -0.3 is 5.11 Å². The Hall–Kier alpha value is 0.00870. The molecule has 0 saturated heterocycles. The molecule has 0 aliphatic heterocycles. The average Bonchev–Trinajstić information content (AvgIpc) is 1.90. The van der Waals surface area contributed by atoms with Crippen LogP contribution in [0.15, 0.2) is 11.6 Å². The molecule has 0 aromatic rings. The van der Waals surface area contributed by atoms with Crippen molar-refractivity contribution >= 4 is 29.9 Å². The van der Waals surface area contributed by atoms with E-state index < -0.39 is 5.97 Å². The topological polar surface area (TPSA) is 37.3 Å². The summed E-state index contributed by atoms with van der Waals surface area (Å²) in [5.41, 5.74) is 0.598. The van der Waals surface area contributed by atoms with E-state index in [1.165, 1.54) is 0 Å². The van der Waals surface area contributed by atoms with E-state index >= 15 is 0 Å². The Morgan fingerprint density at radius 1 is 1.50 bits per heavy atom. The molecular formula is C7H12O2Sn. The van der Waals surface area contributed by atoms with E-state index in [-0.39, 0.29) is 23.9 Å². The van der Waals surface area contributed by atoms with Crippen molar-refractivity contribution in [2.24, 2.45) is 0 Å². The van der Waals surface area contributed by atoms with E-state index in [4.69, 9.17) is 5.11 Å². The molecule has 0 bridgehead atoms. The van der Waals surface area contributed by atoms with Gasteiger partial charge in [-0.2, -0.15) is 0 Å². The van der Waals surface area contributed by atoms with E-state index in [9.17, 15) is 4.79 Å². The summed E-state index contributed by atoms with van der Waals surface area (Å²) < 4.78 is 0. The fourth-order valence-electron chi connectivity index (χ4n) is 1.03. The van der Waals surface area contributed by atoms with Crippen LogP contribution < -0.4 is 0 Å². The van der Waals surface area contributed by atoms with Crippen molar-refractivity contribution in [3.05, 3.63) is 11.6 Å². The van der Waals surface area contributed by atoms with Crippen LogP contribution in [-0.2, 0) is 4.79 Å². The molecule has 0 aromatic heterocycles. The van der Waals surface area contributed by atoms with Crippen LogP contribution in [0.4, 0.5) is 0 Å². The fourth-order valence-corrected chi connectivity index (χ4v) is 1.03. The van der Waals surface area contributed by atoms with E-state index in [0.29, 0.717) is 5.57 Å². The van der Waals surface area contributed by atoms with Crippen LogP contribution in [0.2, 0.25) is 0 Å². The van der Waals surface area contributed by atoms with Crippen molar-refractivity contribution in [3.63, 3.8) is 0 Å². The number of hydrogen-bond acceptors (Lipinski definition) is 1. The first-order valence-electron chi connectivity index (χ1n) is 3.23. The maximum atomic E-state index is 10.3. The van der Waals surface area contributed by atoms with Crippen LogP contribution in [0.1, 0.15) is 25.7 Å². The molecule has 2 nitrogen and oxygen atoms in total. The summed E-state index contributed by atoms with van der Waals surface area (Å²) in [6, 6.07) is 0. The molecule has 0 amide bonds. The van der Waals surface area contributed by atoms with E-state index in [2.05, 4.69) is 0 Å². The molecule has 0 aromatic carbocycles. The van der Waals surface area contributed by atoms with Crippen LogP contribution in [0.5, 0.6) is 0 Å². The maximum absolute atomic E-state index is 10.3. The van der Waals surface area contributed by atoms with Crippen molar-refractivity contribution in [2.45, 2.75) is 25.7 Å². The third-order valence-electron chi connectivity index (χ3n) is 1.57. The Bertz CT molecular complexity index is 152. The molecule has 2 radical (unpaired) electrons. The monoisotopic (exact) mass is 248 g/mol. The first-order chi connectivity index (χ1) is 4.30. The molecule has 10 heavy (non-hydrogen) atoms. The Morgan fingerprint density at radius 3 is 2.50 bits per heavy atom. The zero-order valence-electron chi connectivity index (χ0n) is 5.97. The molecule has 1 N–H and O–H groups in total. The molecular weight excluding hydrogens is 235 g/mol. The fraction of sp³-hybridized carbons (Fsp3) is 0.571. The van der Waals surface area contributed by atoms with Gasteiger partial charge in [-0.15, -0.1) is 0 Å². The molecule has 1 aliphatic rings. The van der Waals surface area contributed by atoms with E-state index in [1.807, 2.05) is 6.08 Å². The van der Waals surface area contributed by atoms with Crippen molar-refractivity contribution in [3.8, 4) is 0 Å².